The Labute approximate surface area is 120 Å². The van der Waals surface area contributed by atoms with Gasteiger partial charge in [0.05, 0.1) is 12.8 Å². The van der Waals surface area contributed by atoms with E-state index in [1.54, 1.807) is 7.11 Å². The van der Waals surface area contributed by atoms with Crippen LogP contribution in [0, 0.1) is 5.92 Å². The molecule has 0 bridgehead atoms. The van der Waals surface area contributed by atoms with E-state index in [0.717, 1.165) is 42.7 Å². The second kappa shape index (κ2) is 7.08. The largest absolute Gasteiger partial charge is 0.497 e. The molecule has 0 spiro atoms. The predicted octanol–water partition coefficient (Wildman–Crippen LogP) is 3.12. The van der Waals surface area contributed by atoms with E-state index in [2.05, 4.69) is 10.5 Å². The molecule has 0 unspecified atom stereocenters. The van der Waals surface area contributed by atoms with Gasteiger partial charge in [-0.2, -0.15) is 5.10 Å². The number of nitrogens with one attached hydrogen (secondary N) is 1. The molecule has 0 aliphatic heterocycles. The Morgan fingerprint density at radius 2 is 2.05 bits per heavy atom. The smallest absolute Gasteiger partial charge is 0.243 e. The predicted molar refractivity (Wildman–Crippen MR) is 79.9 cm³/mol. The molecule has 1 fully saturated rings. The van der Waals surface area contributed by atoms with Gasteiger partial charge in [-0.15, -0.1) is 0 Å². The van der Waals surface area contributed by atoms with E-state index in [9.17, 15) is 4.79 Å². The van der Waals surface area contributed by atoms with Gasteiger partial charge in [-0.3, -0.25) is 4.79 Å². The van der Waals surface area contributed by atoms with E-state index in [4.69, 9.17) is 4.74 Å². The number of hydrogen-bond acceptors (Lipinski definition) is 3. The van der Waals surface area contributed by atoms with Crippen molar-refractivity contribution in [3.8, 4) is 5.75 Å². The number of methoxy groups -OCH3 is 1. The summed E-state index contributed by atoms with van der Waals surface area (Å²) in [6, 6.07) is 7.66. The first-order chi connectivity index (χ1) is 9.70. The Bertz CT molecular complexity index is 491. The summed E-state index contributed by atoms with van der Waals surface area (Å²) in [5.74, 6) is 0.966. The van der Waals surface area contributed by atoms with Crippen molar-refractivity contribution in [2.45, 2.75) is 39.0 Å². The molecule has 1 aromatic rings. The lowest BCUT2D eigenvalue weighted by molar-refractivity contribution is -0.125. The second-order valence-electron chi connectivity index (χ2n) is 5.24. The summed E-state index contributed by atoms with van der Waals surface area (Å²) in [7, 11) is 1.64. The Kier molecular flexibility index (Phi) is 5.16. The molecule has 0 heterocycles. The van der Waals surface area contributed by atoms with Crippen molar-refractivity contribution in [1.29, 1.82) is 0 Å². The maximum absolute atomic E-state index is 12.0. The zero-order valence-electron chi connectivity index (χ0n) is 12.2. The first-order valence-corrected chi connectivity index (χ1v) is 7.19. The molecule has 0 aromatic heterocycles. The van der Waals surface area contributed by atoms with E-state index in [0.29, 0.717) is 0 Å². The zero-order valence-corrected chi connectivity index (χ0v) is 12.2. The van der Waals surface area contributed by atoms with Gasteiger partial charge in [-0.1, -0.05) is 31.4 Å². The number of hydrogen-bond donors (Lipinski definition) is 1. The molecule has 1 aromatic carbocycles. The van der Waals surface area contributed by atoms with E-state index in [1.807, 2.05) is 31.2 Å². The van der Waals surface area contributed by atoms with E-state index >= 15 is 0 Å². The Morgan fingerprint density at radius 1 is 1.30 bits per heavy atom. The number of benzene rings is 1. The van der Waals surface area contributed by atoms with Crippen LogP contribution in [0.3, 0.4) is 0 Å². The van der Waals surface area contributed by atoms with Gasteiger partial charge in [0.15, 0.2) is 0 Å². The average molecular weight is 274 g/mol. The molecular weight excluding hydrogens is 252 g/mol. The summed E-state index contributed by atoms with van der Waals surface area (Å²) in [6.07, 6.45) is 5.52. The van der Waals surface area contributed by atoms with Crippen LogP contribution in [-0.4, -0.2) is 18.7 Å². The quantitative estimate of drug-likeness (QED) is 0.677. The highest BCUT2D eigenvalue weighted by atomic mass is 16.5. The fourth-order valence-electron chi connectivity index (χ4n) is 2.51. The van der Waals surface area contributed by atoms with E-state index in [1.165, 1.54) is 6.42 Å². The molecule has 1 aliphatic rings. The van der Waals surface area contributed by atoms with E-state index < -0.39 is 0 Å². The van der Waals surface area contributed by atoms with Gasteiger partial charge in [0.25, 0.3) is 0 Å². The highest BCUT2D eigenvalue weighted by Gasteiger charge is 2.20. The number of hydrazone groups is 1. The van der Waals surface area contributed by atoms with Crippen molar-refractivity contribution in [2.24, 2.45) is 11.0 Å². The lowest BCUT2D eigenvalue weighted by atomic mass is 9.89. The molecule has 1 amide bonds. The monoisotopic (exact) mass is 274 g/mol. The summed E-state index contributed by atoms with van der Waals surface area (Å²) in [5, 5.41) is 4.21. The maximum atomic E-state index is 12.0. The van der Waals surface area contributed by atoms with Crippen molar-refractivity contribution in [2.75, 3.05) is 7.11 Å². The molecule has 1 saturated carbocycles. The van der Waals surface area contributed by atoms with Crippen LogP contribution >= 0.6 is 0 Å². The third kappa shape index (κ3) is 3.83. The van der Waals surface area contributed by atoms with Crippen LogP contribution in [0.1, 0.15) is 44.6 Å². The molecule has 4 heteroatoms. The molecule has 1 aliphatic carbocycles. The number of rotatable bonds is 4. The van der Waals surface area contributed by atoms with Gasteiger partial charge in [0.1, 0.15) is 5.75 Å². The topological polar surface area (TPSA) is 50.7 Å². The first kappa shape index (κ1) is 14.6. The zero-order chi connectivity index (χ0) is 14.4. The molecule has 1 N–H and O–H groups in total. The van der Waals surface area contributed by atoms with Crippen LogP contribution < -0.4 is 10.2 Å². The molecule has 2 rings (SSSR count). The normalized spacial score (nSPS) is 16.8. The van der Waals surface area contributed by atoms with Gasteiger partial charge in [0.2, 0.25) is 5.91 Å². The van der Waals surface area contributed by atoms with Crippen LogP contribution in [0.15, 0.2) is 29.4 Å². The van der Waals surface area contributed by atoms with Crippen LogP contribution in [0.25, 0.3) is 0 Å². The summed E-state index contributed by atoms with van der Waals surface area (Å²) in [6.45, 7) is 1.88. The number of carbonyl (C=O) groups excluding carboxylic acids is 1. The fourth-order valence-corrected chi connectivity index (χ4v) is 2.51. The van der Waals surface area contributed by atoms with Crippen LogP contribution in [0.4, 0.5) is 0 Å². The van der Waals surface area contributed by atoms with Gasteiger partial charge < -0.3 is 4.74 Å². The van der Waals surface area contributed by atoms with Gasteiger partial charge >= 0.3 is 0 Å². The molecular formula is C16H22N2O2. The van der Waals surface area contributed by atoms with Crippen molar-refractivity contribution in [3.05, 3.63) is 29.8 Å². The SMILES string of the molecule is COc1cccc(C(C)=NNC(=O)C2CCCCC2)c1. The number of carbonyl (C=O) groups is 1. The minimum atomic E-state index is 0.0481. The molecule has 20 heavy (non-hydrogen) atoms. The van der Waals surface area contributed by atoms with Crippen molar-refractivity contribution < 1.29 is 9.53 Å². The van der Waals surface area contributed by atoms with E-state index in [-0.39, 0.29) is 11.8 Å². The van der Waals surface area contributed by atoms with Crippen LogP contribution in [-0.2, 0) is 4.79 Å². The van der Waals surface area contributed by atoms with Gasteiger partial charge in [-0.05, 0) is 31.9 Å². The molecule has 0 saturated heterocycles. The Morgan fingerprint density at radius 3 is 2.75 bits per heavy atom. The van der Waals surface area contributed by atoms with Crippen LogP contribution in [0.2, 0.25) is 0 Å². The minimum absolute atomic E-state index is 0.0481. The first-order valence-electron chi connectivity index (χ1n) is 7.19. The van der Waals surface area contributed by atoms with Gasteiger partial charge in [0, 0.05) is 11.5 Å². The Balaban J connectivity index is 1.97. The summed E-state index contributed by atoms with van der Waals surface area (Å²) < 4.78 is 5.18. The summed E-state index contributed by atoms with van der Waals surface area (Å²) >= 11 is 0. The van der Waals surface area contributed by atoms with Crippen LogP contribution in [0.5, 0.6) is 5.75 Å². The summed E-state index contributed by atoms with van der Waals surface area (Å²) in [4.78, 5) is 12.0. The standard InChI is InChI=1S/C16H22N2O2/c1-12(14-9-6-10-15(11-14)20-2)17-18-16(19)13-7-4-3-5-8-13/h6,9-11,13H,3-5,7-8H2,1-2H3,(H,18,19). The third-order valence-electron chi connectivity index (χ3n) is 3.80. The number of amides is 1. The molecule has 0 radical (unpaired) electrons. The number of nitrogens with zero attached hydrogens (tertiary/aromatic N) is 1. The van der Waals surface area contributed by atoms with Crippen molar-refractivity contribution >= 4 is 11.6 Å². The minimum Gasteiger partial charge on any atom is -0.497 e. The lowest BCUT2D eigenvalue weighted by Crippen LogP contribution is -2.29. The molecule has 108 valence electrons. The van der Waals surface area contributed by atoms with Crippen molar-refractivity contribution in [1.82, 2.24) is 5.43 Å². The summed E-state index contributed by atoms with van der Waals surface area (Å²) in [5.41, 5.74) is 4.43. The highest BCUT2D eigenvalue weighted by Crippen LogP contribution is 2.23. The Hall–Kier alpha value is -1.84. The molecule has 0 atom stereocenters. The number of ether oxygens (including phenoxy) is 1. The van der Waals surface area contributed by atoms with Gasteiger partial charge in [-0.25, -0.2) is 5.43 Å². The van der Waals surface area contributed by atoms with Crippen molar-refractivity contribution in [3.63, 3.8) is 0 Å². The average Bonchev–Trinajstić information content (AvgIpc) is 2.53. The maximum Gasteiger partial charge on any atom is 0.243 e. The highest BCUT2D eigenvalue weighted by molar-refractivity contribution is 5.99. The second-order valence-corrected chi connectivity index (χ2v) is 5.24. The fraction of sp³-hybridized carbons (Fsp3) is 0.500. The third-order valence-corrected chi connectivity index (χ3v) is 3.80. The lowest BCUT2D eigenvalue weighted by Gasteiger charge is -2.19. The molecule has 4 nitrogen and oxygen atoms in total.